The first-order chi connectivity index (χ1) is 12.4. The molecule has 0 saturated carbocycles. The summed E-state index contributed by atoms with van der Waals surface area (Å²) < 4.78 is 1.79. The number of aromatic nitrogens is 2. The van der Waals surface area contributed by atoms with E-state index in [9.17, 15) is 9.90 Å². The zero-order chi connectivity index (χ0) is 18.7. The summed E-state index contributed by atoms with van der Waals surface area (Å²) in [5.41, 5.74) is 3.05. The zero-order valence-corrected chi connectivity index (χ0v) is 15.8. The van der Waals surface area contributed by atoms with Gasteiger partial charge in [0.15, 0.2) is 0 Å². The third-order valence-electron chi connectivity index (χ3n) is 5.04. The molecular formula is C20H28N4O2. The molecule has 0 aliphatic carbocycles. The van der Waals surface area contributed by atoms with E-state index in [4.69, 9.17) is 0 Å². The summed E-state index contributed by atoms with van der Waals surface area (Å²) in [5.74, 6) is 0.338. The van der Waals surface area contributed by atoms with Crippen LogP contribution in [0.25, 0.3) is 0 Å². The fourth-order valence-electron chi connectivity index (χ4n) is 3.62. The van der Waals surface area contributed by atoms with Gasteiger partial charge in [-0.3, -0.25) is 14.4 Å². The lowest BCUT2D eigenvalue weighted by atomic mass is 10.0. The lowest BCUT2D eigenvalue weighted by Crippen LogP contribution is -2.46. The van der Waals surface area contributed by atoms with E-state index in [2.05, 4.69) is 15.3 Å². The number of nitrogens with one attached hydrogen (secondary N) is 1. The minimum Gasteiger partial charge on any atom is -0.508 e. The number of likely N-dealkylation sites (tertiary alicyclic amines) is 1. The van der Waals surface area contributed by atoms with Crippen molar-refractivity contribution in [3.05, 3.63) is 47.3 Å². The quantitative estimate of drug-likeness (QED) is 0.864. The Morgan fingerprint density at radius 1 is 1.31 bits per heavy atom. The topological polar surface area (TPSA) is 70.4 Å². The molecule has 1 aliphatic rings. The van der Waals surface area contributed by atoms with Crippen LogP contribution < -0.4 is 5.32 Å². The van der Waals surface area contributed by atoms with Crippen molar-refractivity contribution >= 4 is 5.91 Å². The third-order valence-corrected chi connectivity index (χ3v) is 5.04. The smallest absolute Gasteiger partial charge is 0.244 e. The molecule has 0 bridgehead atoms. The first-order valence-electron chi connectivity index (χ1n) is 9.26. The molecule has 140 valence electrons. The number of hydrogen-bond donors (Lipinski definition) is 2. The fraction of sp³-hybridized carbons (Fsp3) is 0.500. The number of phenolic OH excluding ortho intramolecular Hbond substituents is 1. The second-order valence-electron chi connectivity index (χ2n) is 7.28. The normalized spacial score (nSPS) is 17.2. The molecule has 3 rings (SSSR count). The second-order valence-corrected chi connectivity index (χ2v) is 7.28. The molecule has 0 spiro atoms. The van der Waals surface area contributed by atoms with Crippen LogP contribution in [0.1, 0.15) is 42.8 Å². The van der Waals surface area contributed by atoms with E-state index >= 15 is 0 Å². The van der Waals surface area contributed by atoms with Gasteiger partial charge in [0, 0.05) is 31.4 Å². The largest absolute Gasteiger partial charge is 0.508 e. The highest BCUT2D eigenvalue weighted by molar-refractivity contribution is 5.80. The number of amides is 1. The standard InChI is InChI=1S/C20H28N4O2/c1-14-11-15(2)24(22-14)16(3)20(26)21-18-7-9-23(10-8-18)13-17-5-4-6-19(25)12-17/h4-6,11-12,16,18,25H,7-10,13H2,1-3H3,(H,21,26)/t16-/m0/s1. The number of carbonyl (C=O) groups excluding carboxylic acids is 1. The number of nitrogens with zero attached hydrogens (tertiary/aromatic N) is 3. The molecule has 1 fully saturated rings. The van der Waals surface area contributed by atoms with E-state index in [1.807, 2.05) is 45.0 Å². The highest BCUT2D eigenvalue weighted by Gasteiger charge is 2.24. The summed E-state index contributed by atoms with van der Waals surface area (Å²) in [7, 11) is 0. The Bertz CT molecular complexity index is 763. The van der Waals surface area contributed by atoms with E-state index in [0.717, 1.165) is 49.4 Å². The molecule has 1 aromatic carbocycles. The molecule has 1 atom stereocenters. The van der Waals surface area contributed by atoms with Crippen molar-refractivity contribution in [1.82, 2.24) is 20.0 Å². The van der Waals surface area contributed by atoms with Crippen LogP contribution in [0.15, 0.2) is 30.3 Å². The Hall–Kier alpha value is -2.34. The summed E-state index contributed by atoms with van der Waals surface area (Å²) in [5, 5.41) is 17.2. The second kappa shape index (κ2) is 7.91. The minimum absolute atomic E-state index is 0.0302. The van der Waals surface area contributed by atoms with Crippen LogP contribution in [0.5, 0.6) is 5.75 Å². The molecular weight excluding hydrogens is 328 g/mol. The van der Waals surface area contributed by atoms with E-state index in [1.165, 1.54) is 0 Å². The maximum Gasteiger partial charge on any atom is 0.244 e. The molecule has 26 heavy (non-hydrogen) atoms. The van der Waals surface area contributed by atoms with Crippen molar-refractivity contribution in [2.24, 2.45) is 0 Å². The van der Waals surface area contributed by atoms with Gasteiger partial charge in [-0.1, -0.05) is 12.1 Å². The van der Waals surface area contributed by atoms with E-state index in [1.54, 1.807) is 10.7 Å². The van der Waals surface area contributed by atoms with E-state index in [-0.39, 0.29) is 18.0 Å². The number of hydrogen-bond acceptors (Lipinski definition) is 4. The van der Waals surface area contributed by atoms with Gasteiger partial charge in [0.05, 0.1) is 5.69 Å². The average Bonchev–Trinajstić information content (AvgIpc) is 2.94. The first kappa shape index (κ1) is 18.5. The molecule has 2 N–H and O–H groups in total. The summed E-state index contributed by atoms with van der Waals surface area (Å²) in [6.07, 6.45) is 1.88. The molecule has 1 aliphatic heterocycles. The highest BCUT2D eigenvalue weighted by atomic mass is 16.3. The maximum atomic E-state index is 12.6. The van der Waals surface area contributed by atoms with Gasteiger partial charge in [0.25, 0.3) is 0 Å². The van der Waals surface area contributed by atoms with Gasteiger partial charge < -0.3 is 10.4 Å². The van der Waals surface area contributed by atoms with Gasteiger partial charge in [-0.2, -0.15) is 5.10 Å². The molecule has 2 aromatic rings. The van der Waals surface area contributed by atoms with E-state index in [0.29, 0.717) is 5.75 Å². The molecule has 0 radical (unpaired) electrons. The van der Waals surface area contributed by atoms with Crippen molar-refractivity contribution in [3.63, 3.8) is 0 Å². The summed E-state index contributed by atoms with van der Waals surface area (Å²) in [4.78, 5) is 14.9. The Morgan fingerprint density at radius 2 is 2.04 bits per heavy atom. The molecule has 1 aromatic heterocycles. The minimum atomic E-state index is -0.297. The van der Waals surface area contributed by atoms with E-state index < -0.39 is 0 Å². The van der Waals surface area contributed by atoms with Crippen LogP contribution in [0.3, 0.4) is 0 Å². The number of rotatable bonds is 5. The number of phenols is 1. The molecule has 1 saturated heterocycles. The van der Waals surface area contributed by atoms with Crippen LogP contribution in [-0.4, -0.2) is 44.8 Å². The predicted octanol–water partition coefficient (Wildman–Crippen LogP) is 2.55. The number of aryl methyl sites for hydroxylation is 2. The Labute approximate surface area is 154 Å². The number of piperidine rings is 1. The molecule has 6 heteroatoms. The van der Waals surface area contributed by atoms with Crippen LogP contribution in [0, 0.1) is 13.8 Å². The Balaban J connectivity index is 1.49. The zero-order valence-electron chi connectivity index (χ0n) is 15.8. The monoisotopic (exact) mass is 356 g/mol. The van der Waals surface area contributed by atoms with Crippen LogP contribution in [0.2, 0.25) is 0 Å². The third kappa shape index (κ3) is 4.43. The molecule has 6 nitrogen and oxygen atoms in total. The maximum absolute atomic E-state index is 12.6. The van der Waals surface area contributed by atoms with Crippen molar-refractivity contribution in [2.75, 3.05) is 13.1 Å². The fourth-order valence-corrected chi connectivity index (χ4v) is 3.62. The van der Waals surface area contributed by atoms with Crippen molar-refractivity contribution < 1.29 is 9.90 Å². The van der Waals surface area contributed by atoms with Gasteiger partial charge >= 0.3 is 0 Å². The van der Waals surface area contributed by atoms with Gasteiger partial charge in [-0.15, -0.1) is 0 Å². The van der Waals surface area contributed by atoms with Gasteiger partial charge in [0.2, 0.25) is 5.91 Å². The predicted molar refractivity (Wildman–Crippen MR) is 101 cm³/mol. The number of aromatic hydroxyl groups is 1. The summed E-state index contributed by atoms with van der Waals surface area (Å²) >= 11 is 0. The van der Waals surface area contributed by atoms with Gasteiger partial charge in [0.1, 0.15) is 11.8 Å². The molecule has 2 heterocycles. The van der Waals surface area contributed by atoms with Gasteiger partial charge in [-0.05, 0) is 57.4 Å². The van der Waals surface area contributed by atoms with Crippen molar-refractivity contribution in [2.45, 2.75) is 52.2 Å². The first-order valence-corrected chi connectivity index (χ1v) is 9.26. The average molecular weight is 356 g/mol. The van der Waals surface area contributed by atoms with Crippen LogP contribution in [0.4, 0.5) is 0 Å². The van der Waals surface area contributed by atoms with Crippen molar-refractivity contribution in [3.8, 4) is 5.75 Å². The van der Waals surface area contributed by atoms with Crippen LogP contribution in [-0.2, 0) is 11.3 Å². The number of carbonyl (C=O) groups is 1. The lowest BCUT2D eigenvalue weighted by Gasteiger charge is -2.33. The summed E-state index contributed by atoms with van der Waals surface area (Å²) in [6, 6.07) is 9.31. The number of benzene rings is 1. The van der Waals surface area contributed by atoms with Crippen LogP contribution >= 0.6 is 0 Å². The lowest BCUT2D eigenvalue weighted by molar-refractivity contribution is -0.125. The highest BCUT2D eigenvalue weighted by Crippen LogP contribution is 2.18. The van der Waals surface area contributed by atoms with Gasteiger partial charge in [-0.25, -0.2) is 0 Å². The Morgan fingerprint density at radius 3 is 2.65 bits per heavy atom. The summed E-state index contributed by atoms with van der Waals surface area (Å²) in [6.45, 7) is 8.52. The molecule has 1 amide bonds. The van der Waals surface area contributed by atoms with Crippen molar-refractivity contribution in [1.29, 1.82) is 0 Å². The SMILES string of the molecule is Cc1cc(C)n([C@@H](C)C(=O)NC2CCN(Cc3cccc(O)c3)CC2)n1. The molecule has 0 unspecified atom stereocenters. The Kier molecular flexibility index (Phi) is 5.61.